The molecule has 1 aromatic carbocycles. The Kier molecular flexibility index (Phi) is 5.94. The van der Waals surface area contributed by atoms with Gasteiger partial charge >= 0.3 is 0 Å². The van der Waals surface area contributed by atoms with Crippen LogP contribution in [0.3, 0.4) is 0 Å². The fourth-order valence-corrected chi connectivity index (χ4v) is 3.79. The standard InChI is InChI=1S/C17H16FN3O2S.ClH/c1-19-11-13-10-16(14-6-2-3-7-15(14)18)21(12-13)24(22,23)17-8-4-5-9-20-17;/h2-10,12,19H,11H2,1H3;1H. The minimum atomic E-state index is -3.92. The number of benzene rings is 1. The van der Waals surface area contributed by atoms with E-state index in [0.717, 1.165) is 9.54 Å². The molecule has 2 aromatic heterocycles. The molecule has 3 rings (SSSR count). The Hall–Kier alpha value is -2.22. The topological polar surface area (TPSA) is 64.0 Å². The summed E-state index contributed by atoms with van der Waals surface area (Å²) in [5.41, 5.74) is 1.22. The molecule has 0 aliphatic heterocycles. The van der Waals surface area contributed by atoms with Gasteiger partial charge in [0.15, 0.2) is 5.03 Å². The molecule has 0 bridgehead atoms. The Labute approximate surface area is 152 Å². The second kappa shape index (κ2) is 7.77. The van der Waals surface area contributed by atoms with E-state index in [-0.39, 0.29) is 28.7 Å². The third-order valence-corrected chi connectivity index (χ3v) is 5.12. The van der Waals surface area contributed by atoms with E-state index in [1.54, 1.807) is 43.4 Å². The zero-order chi connectivity index (χ0) is 17.2. The Balaban J connectivity index is 0.00000225. The zero-order valence-electron chi connectivity index (χ0n) is 13.4. The van der Waals surface area contributed by atoms with E-state index >= 15 is 0 Å². The van der Waals surface area contributed by atoms with E-state index in [0.29, 0.717) is 6.54 Å². The molecule has 0 unspecified atom stereocenters. The van der Waals surface area contributed by atoms with Crippen LogP contribution in [0.2, 0.25) is 0 Å². The van der Waals surface area contributed by atoms with Gasteiger partial charge in [-0.05, 0) is 42.9 Å². The Morgan fingerprint density at radius 3 is 2.52 bits per heavy atom. The Morgan fingerprint density at radius 2 is 1.88 bits per heavy atom. The molecular weight excluding hydrogens is 365 g/mol. The van der Waals surface area contributed by atoms with Crippen LogP contribution in [-0.2, 0) is 16.6 Å². The zero-order valence-corrected chi connectivity index (χ0v) is 15.0. The highest BCUT2D eigenvalue weighted by atomic mass is 35.5. The van der Waals surface area contributed by atoms with Crippen LogP contribution in [0.25, 0.3) is 11.3 Å². The summed E-state index contributed by atoms with van der Waals surface area (Å²) in [7, 11) is -2.16. The number of hydrogen-bond donors (Lipinski definition) is 1. The Bertz CT molecular complexity index is 959. The SMILES string of the molecule is CNCc1cc(-c2ccccc2F)n(S(=O)(=O)c2ccccn2)c1.Cl. The number of hydrogen-bond acceptors (Lipinski definition) is 4. The summed E-state index contributed by atoms with van der Waals surface area (Å²) < 4.78 is 41.1. The molecule has 25 heavy (non-hydrogen) atoms. The highest BCUT2D eigenvalue weighted by molar-refractivity contribution is 7.90. The van der Waals surface area contributed by atoms with Crippen LogP contribution in [0.15, 0.2) is 66.0 Å². The minimum absolute atomic E-state index is 0. The summed E-state index contributed by atoms with van der Waals surface area (Å²) in [6.07, 6.45) is 2.90. The first-order chi connectivity index (χ1) is 11.5. The van der Waals surface area contributed by atoms with Crippen LogP contribution in [0.5, 0.6) is 0 Å². The van der Waals surface area contributed by atoms with Gasteiger partial charge in [-0.3, -0.25) is 0 Å². The van der Waals surface area contributed by atoms with Gasteiger partial charge in [0.2, 0.25) is 0 Å². The number of pyridine rings is 1. The average molecular weight is 382 g/mol. The van der Waals surface area contributed by atoms with Crippen molar-refractivity contribution in [1.29, 1.82) is 0 Å². The maximum Gasteiger partial charge on any atom is 0.285 e. The normalized spacial score (nSPS) is 11.1. The lowest BCUT2D eigenvalue weighted by atomic mass is 10.1. The monoisotopic (exact) mass is 381 g/mol. The fourth-order valence-electron chi connectivity index (χ4n) is 2.46. The summed E-state index contributed by atoms with van der Waals surface area (Å²) in [6.45, 7) is 0.464. The second-order valence-electron chi connectivity index (χ2n) is 5.21. The van der Waals surface area contributed by atoms with Crippen molar-refractivity contribution >= 4 is 22.4 Å². The minimum Gasteiger partial charge on any atom is -0.316 e. The summed E-state index contributed by atoms with van der Waals surface area (Å²) in [5.74, 6) is -0.482. The predicted molar refractivity (Wildman–Crippen MR) is 96.7 cm³/mol. The van der Waals surface area contributed by atoms with Gasteiger partial charge in [0.05, 0.1) is 5.69 Å². The van der Waals surface area contributed by atoms with Crippen LogP contribution in [0, 0.1) is 5.82 Å². The van der Waals surface area contributed by atoms with Gasteiger partial charge in [0.25, 0.3) is 10.0 Å². The molecule has 1 N–H and O–H groups in total. The molecule has 0 saturated heterocycles. The highest BCUT2D eigenvalue weighted by Gasteiger charge is 2.23. The molecule has 0 spiro atoms. The van der Waals surface area contributed by atoms with Crippen molar-refractivity contribution < 1.29 is 12.8 Å². The summed E-state index contributed by atoms with van der Waals surface area (Å²) in [6, 6.07) is 12.4. The van der Waals surface area contributed by atoms with Crippen molar-refractivity contribution in [1.82, 2.24) is 14.3 Å². The number of halogens is 2. The first-order valence-corrected chi connectivity index (χ1v) is 8.75. The molecule has 0 amide bonds. The van der Waals surface area contributed by atoms with Gasteiger partial charge < -0.3 is 5.32 Å². The molecule has 132 valence electrons. The summed E-state index contributed by atoms with van der Waals surface area (Å²) in [4.78, 5) is 3.92. The van der Waals surface area contributed by atoms with Crippen molar-refractivity contribution in [3.63, 3.8) is 0 Å². The quantitative estimate of drug-likeness (QED) is 0.737. The van der Waals surface area contributed by atoms with Gasteiger partial charge in [0, 0.05) is 24.5 Å². The molecule has 0 atom stereocenters. The first-order valence-electron chi connectivity index (χ1n) is 7.31. The maximum absolute atomic E-state index is 14.2. The van der Waals surface area contributed by atoms with Crippen LogP contribution >= 0.6 is 12.4 Å². The van der Waals surface area contributed by atoms with Gasteiger partial charge in [-0.15, -0.1) is 12.4 Å². The van der Waals surface area contributed by atoms with Crippen molar-refractivity contribution in [2.75, 3.05) is 7.05 Å². The molecule has 0 fully saturated rings. The van der Waals surface area contributed by atoms with E-state index in [2.05, 4.69) is 10.3 Å². The molecule has 3 aromatic rings. The van der Waals surface area contributed by atoms with Crippen molar-refractivity contribution in [2.24, 2.45) is 0 Å². The molecule has 5 nitrogen and oxygen atoms in total. The third kappa shape index (κ3) is 3.73. The molecule has 8 heteroatoms. The van der Waals surface area contributed by atoms with Crippen molar-refractivity contribution in [2.45, 2.75) is 11.6 Å². The maximum atomic E-state index is 14.2. The van der Waals surface area contributed by atoms with E-state index in [1.165, 1.54) is 24.5 Å². The van der Waals surface area contributed by atoms with E-state index in [4.69, 9.17) is 0 Å². The number of nitrogens with one attached hydrogen (secondary N) is 1. The average Bonchev–Trinajstić information content (AvgIpc) is 3.01. The lowest BCUT2D eigenvalue weighted by Gasteiger charge is -2.10. The van der Waals surface area contributed by atoms with Crippen molar-refractivity contribution in [3.8, 4) is 11.3 Å². The molecule has 0 radical (unpaired) electrons. The van der Waals surface area contributed by atoms with E-state index < -0.39 is 15.8 Å². The first kappa shape index (κ1) is 19.1. The molecule has 0 aliphatic carbocycles. The molecule has 0 aliphatic rings. The molecular formula is C17H17ClFN3O2S. The van der Waals surface area contributed by atoms with E-state index in [9.17, 15) is 12.8 Å². The van der Waals surface area contributed by atoms with Gasteiger partial charge in [-0.2, -0.15) is 8.42 Å². The lowest BCUT2D eigenvalue weighted by molar-refractivity contribution is 0.583. The number of aromatic nitrogens is 2. The smallest absolute Gasteiger partial charge is 0.285 e. The number of nitrogens with zero attached hydrogens (tertiary/aromatic N) is 2. The van der Waals surface area contributed by atoms with Crippen LogP contribution in [-0.4, -0.2) is 24.4 Å². The van der Waals surface area contributed by atoms with Gasteiger partial charge in [-0.1, -0.05) is 18.2 Å². The summed E-state index contributed by atoms with van der Waals surface area (Å²) in [5, 5.41) is 2.88. The van der Waals surface area contributed by atoms with Gasteiger partial charge in [-0.25, -0.2) is 13.3 Å². The van der Waals surface area contributed by atoms with Gasteiger partial charge in [0.1, 0.15) is 5.82 Å². The lowest BCUT2D eigenvalue weighted by Crippen LogP contribution is -2.15. The highest BCUT2D eigenvalue weighted by Crippen LogP contribution is 2.28. The van der Waals surface area contributed by atoms with Crippen LogP contribution in [0.1, 0.15) is 5.56 Å². The Morgan fingerprint density at radius 1 is 1.16 bits per heavy atom. The summed E-state index contributed by atoms with van der Waals surface area (Å²) >= 11 is 0. The second-order valence-corrected chi connectivity index (χ2v) is 6.97. The van der Waals surface area contributed by atoms with Crippen molar-refractivity contribution in [3.05, 3.63) is 72.3 Å². The van der Waals surface area contributed by atoms with E-state index in [1.807, 2.05) is 0 Å². The predicted octanol–water partition coefficient (Wildman–Crippen LogP) is 3.07. The van der Waals surface area contributed by atoms with Crippen LogP contribution in [0.4, 0.5) is 4.39 Å². The molecule has 2 heterocycles. The number of rotatable bonds is 5. The third-order valence-electron chi connectivity index (χ3n) is 3.53. The fraction of sp³-hybridized carbons (Fsp3) is 0.118. The molecule has 0 saturated carbocycles. The largest absolute Gasteiger partial charge is 0.316 e. The van der Waals surface area contributed by atoms with Crippen LogP contribution < -0.4 is 5.32 Å².